The SMILES string of the molecule is C=CCOC(=O)N1CCC(c2nc(C)c(C(=O)O)s2)C1. The Morgan fingerprint density at radius 1 is 1.65 bits per heavy atom. The van der Waals surface area contributed by atoms with Gasteiger partial charge in [0, 0.05) is 19.0 Å². The highest BCUT2D eigenvalue weighted by Crippen LogP contribution is 2.32. The summed E-state index contributed by atoms with van der Waals surface area (Å²) < 4.78 is 4.98. The first-order chi connectivity index (χ1) is 9.52. The standard InChI is InChI=1S/C13H16N2O4S/c1-3-6-19-13(18)15-5-4-9(7-15)11-14-8(2)10(20-11)12(16)17/h3,9H,1,4-7H2,2H3,(H,16,17). The van der Waals surface area contributed by atoms with E-state index in [9.17, 15) is 9.59 Å². The Bertz CT molecular complexity index is 540. The van der Waals surface area contributed by atoms with E-state index in [-0.39, 0.29) is 23.5 Å². The summed E-state index contributed by atoms with van der Waals surface area (Å²) in [4.78, 5) is 28.9. The van der Waals surface area contributed by atoms with Crippen molar-refractivity contribution >= 4 is 23.4 Å². The molecule has 1 aliphatic heterocycles. The molecule has 1 fully saturated rings. The summed E-state index contributed by atoms with van der Waals surface area (Å²) in [5.41, 5.74) is 0.533. The summed E-state index contributed by atoms with van der Waals surface area (Å²) in [6.07, 6.45) is 1.93. The van der Waals surface area contributed by atoms with Crippen molar-refractivity contribution in [2.75, 3.05) is 19.7 Å². The molecule has 1 aliphatic rings. The Kier molecular flexibility index (Phi) is 4.39. The Morgan fingerprint density at radius 2 is 2.40 bits per heavy atom. The molecule has 7 heteroatoms. The van der Waals surface area contributed by atoms with E-state index >= 15 is 0 Å². The fourth-order valence-electron chi connectivity index (χ4n) is 2.14. The monoisotopic (exact) mass is 296 g/mol. The molecule has 1 saturated heterocycles. The van der Waals surface area contributed by atoms with Crippen LogP contribution in [-0.4, -0.2) is 46.7 Å². The average Bonchev–Trinajstić information content (AvgIpc) is 3.02. The van der Waals surface area contributed by atoms with E-state index in [1.807, 2.05) is 0 Å². The minimum absolute atomic E-state index is 0.0862. The van der Waals surface area contributed by atoms with Crippen molar-refractivity contribution in [3.8, 4) is 0 Å². The lowest BCUT2D eigenvalue weighted by atomic mass is 10.1. The second-order valence-corrected chi connectivity index (χ2v) is 5.60. The van der Waals surface area contributed by atoms with Gasteiger partial charge in [-0.15, -0.1) is 11.3 Å². The van der Waals surface area contributed by atoms with Crippen LogP contribution < -0.4 is 0 Å². The number of rotatable bonds is 4. The van der Waals surface area contributed by atoms with Crippen molar-refractivity contribution in [2.24, 2.45) is 0 Å². The minimum Gasteiger partial charge on any atom is -0.477 e. The van der Waals surface area contributed by atoms with Crippen LogP contribution >= 0.6 is 11.3 Å². The molecule has 0 saturated carbocycles. The van der Waals surface area contributed by atoms with Gasteiger partial charge in [-0.2, -0.15) is 0 Å². The number of hydrogen-bond donors (Lipinski definition) is 1. The molecule has 2 rings (SSSR count). The summed E-state index contributed by atoms with van der Waals surface area (Å²) in [6.45, 7) is 6.49. The first-order valence-corrected chi connectivity index (χ1v) is 7.07. The number of ether oxygens (including phenoxy) is 1. The largest absolute Gasteiger partial charge is 0.477 e. The normalized spacial score (nSPS) is 18.1. The van der Waals surface area contributed by atoms with Crippen LogP contribution in [0.1, 0.15) is 32.7 Å². The quantitative estimate of drug-likeness (QED) is 0.862. The molecule has 20 heavy (non-hydrogen) atoms. The van der Waals surface area contributed by atoms with Crippen LogP contribution in [0.5, 0.6) is 0 Å². The molecule has 108 valence electrons. The molecular weight excluding hydrogens is 280 g/mol. The molecule has 2 heterocycles. The third-order valence-electron chi connectivity index (χ3n) is 3.13. The number of aryl methyl sites for hydroxylation is 1. The van der Waals surface area contributed by atoms with Gasteiger partial charge in [0.05, 0.1) is 10.7 Å². The van der Waals surface area contributed by atoms with Gasteiger partial charge in [0.2, 0.25) is 0 Å². The van der Waals surface area contributed by atoms with E-state index < -0.39 is 5.97 Å². The number of carboxylic acid groups (broad SMARTS) is 1. The van der Waals surface area contributed by atoms with Gasteiger partial charge in [0.25, 0.3) is 0 Å². The lowest BCUT2D eigenvalue weighted by Crippen LogP contribution is -2.29. The predicted octanol–water partition coefficient (Wildman–Crippen LogP) is 2.26. The number of aromatic nitrogens is 1. The summed E-state index contributed by atoms with van der Waals surface area (Å²) in [7, 11) is 0. The van der Waals surface area contributed by atoms with E-state index in [2.05, 4.69) is 11.6 Å². The number of carbonyl (C=O) groups excluding carboxylic acids is 1. The maximum absolute atomic E-state index is 11.7. The average molecular weight is 296 g/mol. The molecule has 1 amide bonds. The molecule has 0 aliphatic carbocycles. The van der Waals surface area contributed by atoms with Crippen LogP contribution in [0.3, 0.4) is 0 Å². The van der Waals surface area contributed by atoms with E-state index in [4.69, 9.17) is 9.84 Å². The lowest BCUT2D eigenvalue weighted by Gasteiger charge is -2.14. The number of carboxylic acids is 1. The first kappa shape index (κ1) is 14.5. The van der Waals surface area contributed by atoms with E-state index in [0.29, 0.717) is 18.8 Å². The zero-order chi connectivity index (χ0) is 14.7. The number of likely N-dealkylation sites (tertiary alicyclic amines) is 1. The predicted molar refractivity (Wildman–Crippen MR) is 74.3 cm³/mol. The molecule has 1 atom stereocenters. The molecule has 0 spiro atoms. The van der Waals surface area contributed by atoms with Crippen molar-refractivity contribution in [1.29, 1.82) is 0 Å². The number of aromatic carboxylic acids is 1. The molecule has 1 N–H and O–H groups in total. The molecule has 6 nitrogen and oxygen atoms in total. The van der Waals surface area contributed by atoms with Crippen LogP contribution in [0.2, 0.25) is 0 Å². The van der Waals surface area contributed by atoms with Crippen molar-refractivity contribution in [2.45, 2.75) is 19.3 Å². The first-order valence-electron chi connectivity index (χ1n) is 6.26. The molecule has 1 aromatic rings. The number of hydrogen-bond acceptors (Lipinski definition) is 5. The third kappa shape index (κ3) is 2.98. The minimum atomic E-state index is -0.952. The maximum Gasteiger partial charge on any atom is 0.410 e. The molecule has 0 bridgehead atoms. The van der Waals surface area contributed by atoms with Gasteiger partial charge in [-0.3, -0.25) is 0 Å². The van der Waals surface area contributed by atoms with Crippen LogP contribution in [-0.2, 0) is 4.74 Å². The highest BCUT2D eigenvalue weighted by Gasteiger charge is 2.31. The molecule has 1 unspecified atom stereocenters. The molecular formula is C13H16N2O4S. The Balaban J connectivity index is 2.02. The van der Waals surface area contributed by atoms with Gasteiger partial charge < -0.3 is 14.7 Å². The zero-order valence-electron chi connectivity index (χ0n) is 11.2. The van der Waals surface area contributed by atoms with Gasteiger partial charge in [-0.05, 0) is 13.3 Å². The molecule has 0 aromatic carbocycles. The highest BCUT2D eigenvalue weighted by molar-refractivity contribution is 7.13. The smallest absolute Gasteiger partial charge is 0.410 e. The fraction of sp³-hybridized carbons (Fsp3) is 0.462. The molecule has 0 radical (unpaired) electrons. The summed E-state index contributed by atoms with van der Waals surface area (Å²) in [5, 5.41) is 9.81. The highest BCUT2D eigenvalue weighted by atomic mass is 32.1. The van der Waals surface area contributed by atoms with Crippen LogP contribution in [0, 0.1) is 6.92 Å². The topological polar surface area (TPSA) is 79.7 Å². The summed E-state index contributed by atoms with van der Waals surface area (Å²) in [5.74, 6) is -0.866. The fourth-order valence-corrected chi connectivity index (χ4v) is 3.17. The second-order valence-electron chi connectivity index (χ2n) is 4.57. The number of nitrogens with zero attached hydrogens (tertiary/aromatic N) is 2. The van der Waals surface area contributed by atoms with Crippen LogP contribution in [0.25, 0.3) is 0 Å². The summed E-state index contributed by atoms with van der Waals surface area (Å²) >= 11 is 1.19. The van der Waals surface area contributed by atoms with Gasteiger partial charge in [-0.1, -0.05) is 12.7 Å². The van der Waals surface area contributed by atoms with Gasteiger partial charge >= 0.3 is 12.1 Å². The Labute approximate surface area is 120 Å². The number of thiazole rings is 1. The maximum atomic E-state index is 11.7. The van der Waals surface area contributed by atoms with Crippen LogP contribution in [0.4, 0.5) is 4.79 Å². The van der Waals surface area contributed by atoms with Crippen molar-refractivity contribution in [3.63, 3.8) is 0 Å². The molecule has 1 aromatic heterocycles. The van der Waals surface area contributed by atoms with Crippen molar-refractivity contribution < 1.29 is 19.4 Å². The third-order valence-corrected chi connectivity index (χ3v) is 4.44. The zero-order valence-corrected chi connectivity index (χ0v) is 12.0. The van der Waals surface area contributed by atoms with Gasteiger partial charge in [-0.25, -0.2) is 14.6 Å². The number of amides is 1. The van der Waals surface area contributed by atoms with Gasteiger partial charge in [0.1, 0.15) is 11.5 Å². The van der Waals surface area contributed by atoms with E-state index in [1.165, 1.54) is 17.4 Å². The Morgan fingerprint density at radius 3 is 3.00 bits per heavy atom. The summed E-state index contributed by atoms with van der Waals surface area (Å²) in [6, 6.07) is 0. The van der Waals surface area contributed by atoms with E-state index in [1.54, 1.807) is 11.8 Å². The van der Waals surface area contributed by atoms with Gasteiger partial charge in [0.15, 0.2) is 0 Å². The van der Waals surface area contributed by atoms with Crippen LogP contribution in [0.15, 0.2) is 12.7 Å². The number of carbonyl (C=O) groups is 2. The Hall–Kier alpha value is -1.89. The van der Waals surface area contributed by atoms with Crippen molar-refractivity contribution in [1.82, 2.24) is 9.88 Å². The van der Waals surface area contributed by atoms with Crippen molar-refractivity contribution in [3.05, 3.63) is 28.2 Å². The lowest BCUT2D eigenvalue weighted by molar-refractivity contribution is 0.0701. The second kappa shape index (κ2) is 6.04. The van der Waals surface area contributed by atoms with E-state index in [0.717, 1.165) is 11.4 Å².